The minimum atomic E-state index is -4.55. The number of halogens is 3. The normalized spacial score (nSPS) is 28.9. The van der Waals surface area contributed by atoms with Crippen LogP contribution in [0.25, 0.3) is 0 Å². The second-order valence-corrected chi connectivity index (χ2v) is 2.54. The summed E-state index contributed by atoms with van der Waals surface area (Å²) in [6.07, 6.45) is -7.02. The molecule has 1 heterocycles. The van der Waals surface area contributed by atoms with E-state index in [2.05, 4.69) is 4.74 Å². The van der Waals surface area contributed by atoms with Crippen molar-refractivity contribution in [3.63, 3.8) is 0 Å². The van der Waals surface area contributed by atoms with Crippen LogP contribution < -0.4 is 0 Å². The largest absolute Gasteiger partial charge is 0.416 e. The molecule has 0 spiro atoms. The number of hydrogen-bond donors (Lipinski definition) is 1. The molecule has 1 N–H and O–H groups in total. The molecule has 2 nitrogen and oxygen atoms in total. The van der Waals surface area contributed by atoms with Gasteiger partial charge in [-0.2, -0.15) is 13.2 Å². The quantitative estimate of drug-likeness (QED) is 0.638. The number of rotatable bonds is 1. The molecule has 2 atom stereocenters. The summed E-state index contributed by atoms with van der Waals surface area (Å²) in [7, 11) is 0. The maximum Gasteiger partial charge on any atom is 0.416 e. The summed E-state index contributed by atoms with van der Waals surface area (Å²) in [5.74, 6) is 0. The van der Waals surface area contributed by atoms with Crippen molar-refractivity contribution >= 4 is 0 Å². The van der Waals surface area contributed by atoms with Crippen LogP contribution in [0.3, 0.4) is 0 Å². The SMILES string of the molecule is O[C@@H]([C@H]1CCCO1)C(F)(F)F. The number of ether oxygens (including phenoxy) is 1. The van der Waals surface area contributed by atoms with Crippen LogP contribution in [0.1, 0.15) is 12.8 Å². The molecule has 5 heteroatoms. The first kappa shape index (κ1) is 8.80. The van der Waals surface area contributed by atoms with Crippen LogP contribution in [0, 0.1) is 0 Å². The summed E-state index contributed by atoms with van der Waals surface area (Å²) < 4.78 is 40.0. The van der Waals surface area contributed by atoms with E-state index in [-0.39, 0.29) is 0 Å². The number of alkyl halides is 3. The van der Waals surface area contributed by atoms with Gasteiger partial charge in [-0.1, -0.05) is 0 Å². The van der Waals surface area contributed by atoms with Gasteiger partial charge < -0.3 is 9.84 Å². The smallest absolute Gasteiger partial charge is 0.381 e. The first-order valence-electron chi connectivity index (χ1n) is 3.38. The summed E-state index contributed by atoms with van der Waals surface area (Å²) in [4.78, 5) is 0. The van der Waals surface area contributed by atoms with Crippen molar-refractivity contribution in [3.8, 4) is 0 Å². The van der Waals surface area contributed by atoms with Crippen molar-refractivity contribution in [1.29, 1.82) is 0 Å². The lowest BCUT2D eigenvalue weighted by molar-refractivity contribution is -0.230. The van der Waals surface area contributed by atoms with Crippen LogP contribution in [-0.2, 0) is 4.74 Å². The number of aliphatic hydroxyl groups is 1. The minimum absolute atomic E-state index is 0.292. The van der Waals surface area contributed by atoms with Crippen molar-refractivity contribution in [3.05, 3.63) is 0 Å². The van der Waals surface area contributed by atoms with Crippen molar-refractivity contribution in [2.24, 2.45) is 0 Å². The highest BCUT2D eigenvalue weighted by Gasteiger charge is 2.45. The van der Waals surface area contributed by atoms with E-state index in [1.165, 1.54) is 0 Å². The van der Waals surface area contributed by atoms with E-state index in [4.69, 9.17) is 5.11 Å². The Bertz CT molecular complexity index is 128. The predicted octanol–water partition coefficient (Wildman–Crippen LogP) is 1.09. The first-order chi connectivity index (χ1) is 5.02. The summed E-state index contributed by atoms with van der Waals surface area (Å²) in [6, 6.07) is 0. The maximum absolute atomic E-state index is 11.8. The van der Waals surface area contributed by atoms with E-state index < -0.39 is 18.4 Å². The van der Waals surface area contributed by atoms with E-state index in [1.54, 1.807) is 0 Å². The predicted molar refractivity (Wildman–Crippen MR) is 31.0 cm³/mol. The molecule has 0 amide bonds. The molecule has 1 saturated heterocycles. The Hall–Kier alpha value is -0.290. The fourth-order valence-electron chi connectivity index (χ4n) is 1.06. The Morgan fingerprint density at radius 3 is 2.45 bits per heavy atom. The third kappa shape index (κ3) is 2.07. The molecular formula is C6H9F3O2. The van der Waals surface area contributed by atoms with Gasteiger partial charge in [0, 0.05) is 6.61 Å². The molecule has 0 unspecified atom stereocenters. The lowest BCUT2D eigenvalue weighted by Crippen LogP contribution is -2.39. The van der Waals surface area contributed by atoms with Gasteiger partial charge in [-0.15, -0.1) is 0 Å². The molecule has 0 aromatic rings. The molecule has 11 heavy (non-hydrogen) atoms. The second-order valence-electron chi connectivity index (χ2n) is 2.54. The molecule has 0 aromatic carbocycles. The van der Waals surface area contributed by atoms with Gasteiger partial charge in [0.2, 0.25) is 0 Å². The van der Waals surface area contributed by atoms with Gasteiger partial charge in [-0.3, -0.25) is 0 Å². The lowest BCUT2D eigenvalue weighted by Gasteiger charge is -2.19. The van der Waals surface area contributed by atoms with Crippen molar-refractivity contribution in [2.45, 2.75) is 31.2 Å². The summed E-state index contributed by atoms with van der Waals surface area (Å²) in [5.41, 5.74) is 0. The van der Waals surface area contributed by atoms with Crippen LogP contribution in [0.4, 0.5) is 13.2 Å². The van der Waals surface area contributed by atoms with Crippen molar-refractivity contribution < 1.29 is 23.0 Å². The van der Waals surface area contributed by atoms with E-state index in [0.717, 1.165) is 0 Å². The molecule has 1 rings (SSSR count). The molecule has 1 fully saturated rings. The van der Waals surface area contributed by atoms with Crippen LogP contribution in [0.2, 0.25) is 0 Å². The highest BCUT2D eigenvalue weighted by atomic mass is 19.4. The van der Waals surface area contributed by atoms with E-state index in [1.807, 2.05) is 0 Å². The van der Waals surface area contributed by atoms with Crippen LogP contribution in [0.5, 0.6) is 0 Å². The Morgan fingerprint density at radius 2 is 2.09 bits per heavy atom. The average Bonchev–Trinajstić information content (AvgIpc) is 2.34. The molecule has 0 aromatic heterocycles. The van der Waals surface area contributed by atoms with Gasteiger partial charge in [0.15, 0.2) is 6.10 Å². The molecular weight excluding hydrogens is 161 g/mol. The first-order valence-corrected chi connectivity index (χ1v) is 3.38. The molecule has 0 bridgehead atoms. The van der Waals surface area contributed by atoms with Crippen molar-refractivity contribution in [1.82, 2.24) is 0 Å². The van der Waals surface area contributed by atoms with Crippen molar-refractivity contribution in [2.75, 3.05) is 6.61 Å². The highest BCUT2D eigenvalue weighted by molar-refractivity contribution is 4.78. The third-order valence-electron chi connectivity index (χ3n) is 1.65. The van der Waals surface area contributed by atoms with E-state index in [9.17, 15) is 13.2 Å². The topological polar surface area (TPSA) is 29.5 Å². The molecule has 0 aliphatic carbocycles. The highest BCUT2D eigenvalue weighted by Crippen LogP contribution is 2.28. The third-order valence-corrected chi connectivity index (χ3v) is 1.65. The molecule has 0 saturated carbocycles. The minimum Gasteiger partial charge on any atom is -0.381 e. The van der Waals surface area contributed by atoms with Gasteiger partial charge in [0.25, 0.3) is 0 Å². The van der Waals surface area contributed by atoms with Crippen LogP contribution >= 0.6 is 0 Å². The summed E-state index contributed by atoms with van der Waals surface area (Å²) in [6.45, 7) is 0.317. The second kappa shape index (κ2) is 2.98. The molecule has 66 valence electrons. The van der Waals surface area contributed by atoms with E-state index in [0.29, 0.717) is 19.4 Å². The molecule has 1 aliphatic rings. The fraction of sp³-hybridized carbons (Fsp3) is 1.00. The Balaban J connectivity index is 2.46. The summed E-state index contributed by atoms with van der Waals surface area (Å²) in [5, 5.41) is 8.64. The zero-order chi connectivity index (χ0) is 8.48. The lowest BCUT2D eigenvalue weighted by atomic mass is 10.1. The van der Waals surface area contributed by atoms with Gasteiger partial charge in [0.05, 0.1) is 6.10 Å². The Kier molecular flexibility index (Phi) is 2.39. The summed E-state index contributed by atoms with van der Waals surface area (Å²) >= 11 is 0. The monoisotopic (exact) mass is 170 g/mol. The van der Waals surface area contributed by atoms with Gasteiger partial charge in [-0.25, -0.2) is 0 Å². The molecule has 0 radical (unpaired) electrons. The Morgan fingerprint density at radius 1 is 1.45 bits per heavy atom. The zero-order valence-corrected chi connectivity index (χ0v) is 5.77. The number of aliphatic hydroxyl groups excluding tert-OH is 1. The maximum atomic E-state index is 11.8. The van der Waals surface area contributed by atoms with Gasteiger partial charge in [0.1, 0.15) is 0 Å². The van der Waals surface area contributed by atoms with Crippen LogP contribution in [-0.4, -0.2) is 30.1 Å². The van der Waals surface area contributed by atoms with Gasteiger partial charge >= 0.3 is 6.18 Å². The standard InChI is InChI=1S/C6H9F3O2/c7-6(8,9)5(10)4-2-1-3-11-4/h4-5,10H,1-3H2/t4-,5+/m1/s1. The molecule has 1 aliphatic heterocycles. The van der Waals surface area contributed by atoms with Crippen LogP contribution in [0.15, 0.2) is 0 Å². The Labute approximate surface area is 62.0 Å². The fourth-order valence-corrected chi connectivity index (χ4v) is 1.06. The zero-order valence-electron chi connectivity index (χ0n) is 5.77. The number of hydrogen-bond acceptors (Lipinski definition) is 2. The van der Waals surface area contributed by atoms with E-state index >= 15 is 0 Å². The van der Waals surface area contributed by atoms with Gasteiger partial charge in [-0.05, 0) is 12.8 Å². The average molecular weight is 170 g/mol.